The van der Waals surface area contributed by atoms with Crippen LogP contribution in [0.5, 0.6) is 5.75 Å². The van der Waals surface area contributed by atoms with E-state index in [1.54, 1.807) is 7.11 Å². The first kappa shape index (κ1) is 14.8. The zero-order chi connectivity index (χ0) is 14.4. The van der Waals surface area contributed by atoms with Crippen molar-refractivity contribution in [2.45, 2.75) is 25.0 Å². The van der Waals surface area contributed by atoms with Crippen molar-refractivity contribution in [3.8, 4) is 5.75 Å². The minimum absolute atomic E-state index is 0.00363. The zero-order valence-corrected chi connectivity index (χ0v) is 11.9. The highest BCUT2D eigenvalue weighted by Gasteiger charge is 2.31. The highest BCUT2D eigenvalue weighted by molar-refractivity contribution is 5.76. The van der Waals surface area contributed by atoms with E-state index in [1.807, 2.05) is 24.3 Å². The minimum Gasteiger partial charge on any atom is -0.489 e. The molecule has 0 saturated carbocycles. The van der Waals surface area contributed by atoms with Gasteiger partial charge in [0.1, 0.15) is 17.9 Å². The second kappa shape index (κ2) is 7.26. The Morgan fingerprint density at radius 2 is 2.05 bits per heavy atom. The molecule has 1 heterocycles. The number of ether oxygens (including phenoxy) is 3. The molecule has 1 aliphatic heterocycles. The third-order valence-electron chi connectivity index (χ3n) is 3.40. The van der Waals surface area contributed by atoms with E-state index in [0.717, 1.165) is 12.2 Å². The summed E-state index contributed by atoms with van der Waals surface area (Å²) in [7, 11) is 3.10. The van der Waals surface area contributed by atoms with Gasteiger partial charge in [-0.2, -0.15) is 0 Å². The second-order valence-electron chi connectivity index (χ2n) is 4.85. The third kappa shape index (κ3) is 3.95. The van der Waals surface area contributed by atoms with Crippen molar-refractivity contribution in [3.63, 3.8) is 0 Å². The standard InChI is InChI=1S/C15H21NO4/c1-18-8-7-11-3-5-12(6-4-11)20-13-9-14(16-10-13)15(17)19-2/h3-6,13-14,16H,7-10H2,1-2H3/t13-,14-/m0/s1. The molecular formula is C15H21NO4. The summed E-state index contributed by atoms with van der Waals surface area (Å²) >= 11 is 0. The van der Waals surface area contributed by atoms with Gasteiger partial charge in [0.25, 0.3) is 0 Å². The number of methoxy groups -OCH3 is 2. The molecule has 110 valence electrons. The van der Waals surface area contributed by atoms with Gasteiger partial charge in [0.05, 0.1) is 13.7 Å². The van der Waals surface area contributed by atoms with Crippen LogP contribution in [0.3, 0.4) is 0 Å². The van der Waals surface area contributed by atoms with E-state index in [0.29, 0.717) is 19.6 Å². The number of nitrogens with one attached hydrogen (secondary N) is 1. The summed E-state index contributed by atoms with van der Waals surface area (Å²) in [5, 5.41) is 3.10. The molecule has 20 heavy (non-hydrogen) atoms. The van der Waals surface area contributed by atoms with E-state index in [-0.39, 0.29) is 18.1 Å². The molecule has 0 amide bonds. The Kier molecular flexibility index (Phi) is 5.38. The summed E-state index contributed by atoms with van der Waals surface area (Å²) in [4.78, 5) is 11.4. The fourth-order valence-electron chi connectivity index (χ4n) is 2.26. The van der Waals surface area contributed by atoms with Crippen LogP contribution in [0, 0.1) is 0 Å². The van der Waals surface area contributed by atoms with Gasteiger partial charge in [0, 0.05) is 20.1 Å². The predicted octanol–water partition coefficient (Wildman–Crippen LogP) is 1.16. The van der Waals surface area contributed by atoms with Gasteiger partial charge < -0.3 is 19.5 Å². The summed E-state index contributed by atoms with van der Waals surface area (Å²) in [5.74, 6) is 0.592. The molecule has 0 radical (unpaired) electrons. The van der Waals surface area contributed by atoms with E-state index in [1.165, 1.54) is 12.7 Å². The van der Waals surface area contributed by atoms with Gasteiger partial charge in [-0.1, -0.05) is 12.1 Å². The number of rotatable bonds is 6. The zero-order valence-electron chi connectivity index (χ0n) is 11.9. The van der Waals surface area contributed by atoms with Crippen LogP contribution in [0.25, 0.3) is 0 Å². The van der Waals surface area contributed by atoms with Crippen LogP contribution in [-0.2, 0) is 20.7 Å². The highest BCUT2D eigenvalue weighted by atomic mass is 16.5. The highest BCUT2D eigenvalue weighted by Crippen LogP contribution is 2.18. The molecule has 1 saturated heterocycles. The molecule has 2 atom stereocenters. The molecule has 0 spiro atoms. The van der Waals surface area contributed by atoms with Gasteiger partial charge >= 0.3 is 5.97 Å². The molecule has 0 aromatic heterocycles. The lowest BCUT2D eigenvalue weighted by atomic mass is 10.1. The summed E-state index contributed by atoms with van der Waals surface area (Å²) in [6, 6.07) is 7.72. The van der Waals surface area contributed by atoms with Crippen LogP contribution in [0.1, 0.15) is 12.0 Å². The van der Waals surface area contributed by atoms with Crippen molar-refractivity contribution in [2.75, 3.05) is 27.4 Å². The van der Waals surface area contributed by atoms with Crippen LogP contribution >= 0.6 is 0 Å². The Balaban J connectivity index is 1.83. The van der Waals surface area contributed by atoms with Crippen LogP contribution in [0.4, 0.5) is 0 Å². The fourth-order valence-corrected chi connectivity index (χ4v) is 2.26. The number of hydrogen-bond acceptors (Lipinski definition) is 5. The van der Waals surface area contributed by atoms with Crippen LogP contribution in [0.15, 0.2) is 24.3 Å². The monoisotopic (exact) mass is 279 g/mol. The molecule has 1 N–H and O–H groups in total. The second-order valence-corrected chi connectivity index (χ2v) is 4.85. The predicted molar refractivity (Wildman–Crippen MR) is 74.9 cm³/mol. The Morgan fingerprint density at radius 1 is 1.30 bits per heavy atom. The van der Waals surface area contributed by atoms with E-state index in [4.69, 9.17) is 14.2 Å². The van der Waals surface area contributed by atoms with E-state index >= 15 is 0 Å². The van der Waals surface area contributed by atoms with E-state index < -0.39 is 0 Å². The van der Waals surface area contributed by atoms with E-state index in [2.05, 4.69) is 5.32 Å². The van der Waals surface area contributed by atoms with Crippen LogP contribution in [0.2, 0.25) is 0 Å². The maximum Gasteiger partial charge on any atom is 0.323 e. The van der Waals surface area contributed by atoms with Gasteiger partial charge in [-0.15, -0.1) is 0 Å². The fraction of sp³-hybridized carbons (Fsp3) is 0.533. The van der Waals surface area contributed by atoms with Crippen molar-refractivity contribution in [3.05, 3.63) is 29.8 Å². The number of benzene rings is 1. The average molecular weight is 279 g/mol. The van der Waals surface area contributed by atoms with Crippen molar-refractivity contribution in [1.29, 1.82) is 0 Å². The van der Waals surface area contributed by atoms with Gasteiger partial charge in [-0.25, -0.2) is 0 Å². The van der Waals surface area contributed by atoms with Crippen molar-refractivity contribution in [1.82, 2.24) is 5.32 Å². The largest absolute Gasteiger partial charge is 0.489 e. The summed E-state index contributed by atoms with van der Waals surface area (Å²) < 4.78 is 15.6. The Bertz CT molecular complexity index is 432. The Hall–Kier alpha value is -1.59. The molecule has 1 aliphatic rings. The first-order valence-corrected chi connectivity index (χ1v) is 6.78. The van der Waals surface area contributed by atoms with Gasteiger partial charge in [-0.3, -0.25) is 4.79 Å². The summed E-state index contributed by atoms with van der Waals surface area (Å²) in [6.07, 6.45) is 1.54. The number of hydrogen-bond donors (Lipinski definition) is 1. The van der Waals surface area contributed by atoms with Crippen LogP contribution in [-0.4, -0.2) is 45.5 Å². The molecule has 0 unspecified atom stereocenters. The molecule has 5 heteroatoms. The lowest BCUT2D eigenvalue weighted by Gasteiger charge is -2.13. The molecular weight excluding hydrogens is 258 g/mol. The Morgan fingerprint density at radius 3 is 2.70 bits per heavy atom. The quantitative estimate of drug-likeness (QED) is 0.792. The Labute approximate surface area is 119 Å². The van der Waals surface area contributed by atoms with Crippen molar-refractivity contribution in [2.24, 2.45) is 0 Å². The molecule has 0 aliphatic carbocycles. The SMILES string of the molecule is COCCc1ccc(O[C@@H]2CN[C@H](C(=O)OC)C2)cc1. The number of carbonyl (C=O) groups is 1. The number of carbonyl (C=O) groups excluding carboxylic acids is 1. The summed E-state index contributed by atoms with van der Waals surface area (Å²) in [5.41, 5.74) is 1.22. The van der Waals surface area contributed by atoms with Crippen molar-refractivity contribution < 1.29 is 19.0 Å². The lowest BCUT2D eigenvalue weighted by Crippen LogP contribution is -2.31. The normalized spacial score (nSPS) is 21.7. The van der Waals surface area contributed by atoms with E-state index in [9.17, 15) is 4.79 Å². The third-order valence-corrected chi connectivity index (χ3v) is 3.40. The topological polar surface area (TPSA) is 56.8 Å². The van der Waals surface area contributed by atoms with Crippen LogP contribution < -0.4 is 10.1 Å². The van der Waals surface area contributed by atoms with Gasteiger partial charge in [0.2, 0.25) is 0 Å². The number of esters is 1. The molecule has 0 bridgehead atoms. The summed E-state index contributed by atoms with van der Waals surface area (Å²) in [6.45, 7) is 1.37. The minimum atomic E-state index is -0.258. The molecule has 1 fully saturated rings. The van der Waals surface area contributed by atoms with Crippen molar-refractivity contribution >= 4 is 5.97 Å². The molecule has 1 aromatic carbocycles. The average Bonchev–Trinajstić information content (AvgIpc) is 2.94. The molecule has 2 rings (SSSR count). The maximum absolute atomic E-state index is 11.4. The lowest BCUT2D eigenvalue weighted by molar-refractivity contribution is -0.142. The van der Waals surface area contributed by atoms with Gasteiger partial charge in [-0.05, 0) is 24.1 Å². The van der Waals surface area contributed by atoms with Gasteiger partial charge in [0.15, 0.2) is 0 Å². The maximum atomic E-state index is 11.4. The first-order chi connectivity index (χ1) is 9.72. The molecule has 5 nitrogen and oxygen atoms in total. The first-order valence-electron chi connectivity index (χ1n) is 6.78. The smallest absolute Gasteiger partial charge is 0.323 e. The molecule has 1 aromatic rings.